The van der Waals surface area contributed by atoms with Gasteiger partial charge >= 0.3 is 5.97 Å². The van der Waals surface area contributed by atoms with Gasteiger partial charge < -0.3 is 34.5 Å². The molecule has 0 spiro atoms. The fourth-order valence-corrected chi connectivity index (χ4v) is 4.32. The number of ether oxygens (including phenoxy) is 2. The minimum atomic E-state index is -1.32. The predicted molar refractivity (Wildman–Crippen MR) is 139 cm³/mol. The summed E-state index contributed by atoms with van der Waals surface area (Å²) in [5.41, 5.74) is 0. The van der Waals surface area contributed by atoms with E-state index in [4.69, 9.17) is 21.1 Å². The van der Waals surface area contributed by atoms with E-state index >= 15 is 0 Å². The van der Waals surface area contributed by atoms with Crippen LogP contribution in [0.3, 0.4) is 0 Å². The van der Waals surface area contributed by atoms with Gasteiger partial charge in [-0.1, -0.05) is 42.0 Å². The highest BCUT2D eigenvalue weighted by Crippen LogP contribution is 2.36. The zero-order valence-corrected chi connectivity index (χ0v) is 22.3. The molecule has 0 amide bonds. The number of halogens is 1. The Morgan fingerprint density at radius 1 is 1.10 bits per heavy atom. The van der Waals surface area contributed by atoms with Crippen LogP contribution in [0.2, 0.25) is 5.02 Å². The number of benzene rings is 1. The van der Waals surface area contributed by atoms with Gasteiger partial charge in [0.2, 0.25) is 0 Å². The first kappa shape index (κ1) is 32.8. The van der Waals surface area contributed by atoms with Gasteiger partial charge in [0.25, 0.3) is 10.2 Å². The molecule has 0 heterocycles. The molecule has 0 bridgehead atoms. The van der Waals surface area contributed by atoms with Crippen molar-refractivity contribution >= 4 is 17.6 Å². The zero-order chi connectivity index (χ0) is 29.5. The average Bonchev–Trinajstić information content (AvgIpc) is 3.16. The Bertz CT molecular complexity index is 1010. The predicted octanol–water partition coefficient (Wildman–Crippen LogP) is 2.44. The Labute approximate surface area is 234 Å². The number of esters is 1. The molecular formula is C25H33ClN2O12. The van der Waals surface area contributed by atoms with E-state index in [1.165, 1.54) is 6.08 Å². The smallest absolute Gasteiger partial charge is 0.306 e. The van der Waals surface area contributed by atoms with E-state index < -0.39 is 53.8 Å². The van der Waals surface area contributed by atoms with Gasteiger partial charge in [-0.3, -0.25) is 4.79 Å². The number of unbranched alkanes of at least 4 members (excludes halogenated alkanes) is 1. The van der Waals surface area contributed by atoms with Crippen LogP contribution in [0, 0.1) is 32.1 Å². The molecule has 1 aliphatic rings. The van der Waals surface area contributed by atoms with E-state index in [0.717, 1.165) is 0 Å². The topological polar surface area (TPSA) is 201 Å². The molecule has 222 valence electrons. The molecule has 40 heavy (non-hydrogen) atoms. The number of aliphatic hydroxyl groups is 3. The largest absolute Gasteiger partial charge is 0.491 e. The van der Waals surface area contributed by atoms with E-state index in [1.54, 1.807) is 30.3 Å². The Balaban J connectivity index is 1.75. The van der Waals surface area contributed by atoms with Crippen LogP contribution >= 0.6 is 11.6 Å². The van der Waals surface area contributed by atoms with Crippen LogP contribution in [0.5, 0.6) is 5.75 Å². The number of hydrogen-bond donors (Lipinski definition) is 3. The van der Waals surface area contributed by atoms with Gasteiger partial charge in [0.15, 0.2) is 0 Å². The van der Waals surface area contributed by atoms with Crippen molar-refractivity contribution in [2.45, 2.75) is 56.5 Å². The highest BCUT2D eigenvalue weighted by atomic mass is 35.5. The fourth-order valence-electron chi connectivity index (χ4n) is 4.14. The second kappa shape index (κ2) is 17.3. The molecule has 0 aliphatic heterocycles. The summed E-state index contributed by atoms with van der Waals surface area (Å²) in [5.74, 6) is -0.873. The average molecular weight is 589 g/mol. The summed E-state index contributed by atoms with van der Waals surface area (Å²) in [4.78, 5) is 40.8. The maximum absolute atomic E-state index is 12.0. The second-order valence-electron chi connectivity index (χ2n) is 9.08. The maximum atomic E-state index is 12.0. The minimum absolute atomic E-state index is 0.0124. The number of rotatable bonds is 18. The molecule has 1 aliphatic carbocycles. The lowest BCUT2D eigenvalue weighted by Gasteiger charge is -2.19. The van der Waals surface area contributed by atoms with Gasteiger partial charge in [-0.15, -0.1) is 20.2 Å². The molecule has 5 atom stereocenters. The lowest BCUT2D eigenvalue weighted by molar-refractivity contribution is -0.768. The Kier molecular flexibility index (Phi) is 14.1. The molecule has 0 unspecified atom stereocenters. The van der Waals surface area contributed by atoms with E-state index in [-0.39, 0.29) is 31.3 Å². The number of nitrogens with zero attached hydrogens (tertiary/aromatic N) is 2. The third-order valence-electron chi connectivity index (χ3n) is 6.04. The standard InChI is InChI=1S/C25H33ClN2O12/c26-17-6-5-7-19(12-17)37-14-18(29)10-11-22-21(23(30)13-24(22)31)8-3-1-2-4-9-25(32)40-20(15-38-27(33)34)16-39-28(35)36/h1,3,5-7,10-12,18,20-24,29-31H,2,4,8-9,13-16H2/b3-1-,11-10+/t18-,21-,22-,23+,24-/m1/s1. The van der Waals surface area contributed by atoms with Crippen molar-refractivity contribution in [2.75, 3.05) is 19.8 Å². The molecule has 3 N–H and O–H groups in total. The molecule has 15 heteroatoms. The quantitative estimate of drug-likeness (QED) is 0.0744. The van der Waals surface area contributed by atoms with Gasteiger partial charge in [-0.25, -0.2) is 0 Å². The summed E-state index contributed by atoms with van der Waals surface area (Å²) in [6.45, 7) is -1.42. The summed E-state index contributed by atoms with van der Waals surface area (Å²) >= 11 is 5.91. The Morgan fingerprint density at radius 3 is 2.45 bits per heavy atom. The van der Waals surface area contributed by atoms with Crippen LogP contribution in [-0.4, -0.2) is 75.7 Å². The van der Waals surface area contributed by atoms with E-state index in [0.29, 0.717) is 30.0 Å². The lowest BCUT2D eigenvalue weighted by atomic mass is 9.89. The molecule has 2 rings (SSSR count). The van der Waals surface area contributed by atoms with Crippen molar-refractivity contribution in [3.8, 4) is 5.75 Å². The van der Waals surface area contributed by atoms with Crippen LogP contribution in [0.15, 0.2) is 48.6 Å². The fraction of sp³-hybridized carbons (Fsp3) is 0.560. The van der Waals surface area contributed by atoms with E-state index in [9.17, 15) is 40.3 Å². The molecule has 1 fully saturated rings. The molecule has 14 nitrogen and oxygen atoms in total. The number of aliphatic hydroxyl groups excluding tert-OH is 3. The molecule has 0 saturated heterocycles. The summed E-state index contributed by atoms with van der Waals surface area (Å²) in [6, 6.07) is 6.77. The van der Waals surface area contributed by atoms with Crippen molar-refractivity contribution in [3.05, 3.63) is 73.8 Å². The Hall–Kier alpha value is -3.46. The Morgan fingerprint density at radius 2 is 1.80 bits per heavy atom. The number of carbonyl (C=O) groups excluding carboxylic acids is 1. The SMILES string of the molecule is O=C(CCC/C=C\C[C@@H]1[C@@H](/C=C/[C@@H](O)COc2cccc(Cl)c2)[C@H](O)C[C@@H]1O)OC(CO[N+](=O)[O-])CO[N+](=O)[O-]. The summed E-state index contributed by atoms with van der Waals surface area (Å²) in [6.07, 6.45) is 4.53. The van der Waals surface area contributed by atoms with Crippen molar-refractivity contribution in [1.82, 2.24) is 0 Å². The van der Waals surface area contributed by atoms with Crippen LogP contribution < -0.4 is 4.74 Å². The zero-order valence-electron chi connectivity index (χ0n) is 21.5. The monoisotopic (exact) mass is 588 g/mol. The highest BCUT2D eigenvalue weighted by Gasteiger charge is 2.39. The van der Waals surface area contributed by atoms with Gasteiger partial charge in [0.05, 0.1) is 12.2 Å². The third kappa shape index (κ3) is 12.6. The van der Waals surface area contributed by atoms with Crippen molar-refractivity contribution in [1.29, 1.82) is 0 Å². The normalized spacial score (nSPS) is 21.5. The molecule has 1 aromatic carbocycles. The second-order valence-corrected chi connectivity index (χ2v) is 9.52. The van der Waals surface area contributed by atoms with E-state index in [1.807, 2.05) is 12.2 Å². The van der Waals surface area contributed by atoms with Crippen LogP contribution in [-0.2, 0) is 19.2 Å². The van der Waals surface area contributed by atoms with Crippen LogP contribution in [0.1, 0.15) is 32.1 Å². The van der Waals surface area contributed by atoms with Crippen molar-refractivity contribution < 1.29 is 49.4 Å². The van der Waals surface area contributed by atoms with Gasteiger partial charge in [-0.2, -0.15) is 0 Å². The molecular weight excluding hydrogens is 556 g/mol. The molecule has 1 saturated carbocycles. The summed E-state index contributed by atoms with van der Waals surface area (Å²) in [7, 11) is 0. The third-order valence-corrected chi connectivity index (χ3v) is 6.28. The van der Waals surface area contributed by atoms with Crippen LogP contribution in [0.4, 0.5) is 0 Å². The molecule has 0 aromatic heterocycles. The number of carbonyl (C=O) groups is 1. The van der Waals surface area contributed by atoms with Gasteiger partial charge in [0, 0.05) is 23.8 Å². The highest BCUT2D eigenvalue weighted by molar-refractivity contribution is 6.30. The number of allylic oxidation sites excluding steroid dienone is 2. The van der Waals surface area contributed by atoms with Gasteiger partial charge in [0.1, 0.15) is 37.8 Å². The minimum Gasteiger partial charge on any atom is -0.491 e. The van der Waals surface area contributed by atoms with Gasteiger partial charge in [-0.05, 0) is 43.4 Å². The summed E-state index contributed by atoms with van der Waals surface area (Å²) in [5, 5.41) is 49.9. The molecule has 1 aromatic rings. The first-order valence-corrected chi connectivity index (χ1v) is 12.9. The first-order valence-electron chi connectivity index (χ1n) is 12.5. The van der Waals surface area contributed by atoms with Crippen molar-refractivity contribution in [2.24, 2.45) is 11.8 Å². The number of hydrogen-bond acceptors (Lipinski definition) is 12. The van der Waals surface area contributed by atoms with Crippen LogP contribution in [0.25, 0.3) is 0 Å². The first-order chi connectivity index (χ1) is 19.0. The molecule has 0 radical (unpaired) electrons. The maximum Gasteiger partial charge on any atom is 0.306 e. The lowest BCUT2D eigenvalue weighted by Crippen LogP contribution is -2.30. The van der Waals surface area contributed by atoms with Crippen molar-refractivity contribution in [3.63, 3.8) is 0 Å². The summed E-state index contributed by atoms with van der Waals surface area (Å²) < 4.78 is 10.5. The van der Waals surface area contributed by atoms with E-state index in [2.05, 4.69) is 9.68 Å².